The summed E-state index contributed by atoms with van der Waals surface area (Å²) in [4.78, 5) is 25.2. The molecule has 162 valence electrons. The highest BCUT2D eigenvalue weighted by Crippen LogP contribution is 2.28. The summed E-state index contributed by atoms with van der Waals surface area (Å²) in [5.74, 6) is 0.852. The van der Waals surface area contributed by atoms with Gasteiger partial charge in [0.25, 0.3) is 0 Å². The minimum absolute atomic E-state index is 0.172. The van der Waals surface area contributed by atoms with Crippen LogP contribution < -0.4 is 20.2 Å². The van der Waals surface area contributed by atoms with Crippen LogP contribution in [0.25, 0.3) is 28.0 Å². The summed E-state index contributed by atoms with van der Waals surface area (Å²) in [7, 11) is 3.11. The van der Waals surface area contributed by atoms with Gasteiger partial charge in [0.1, 0.15) is 11.2 Å². The number of halogens is 1. The number of amides is 1. The molecule has 32 heavy (non-hydrogen) atoms. The Labute approximate surface area is 189 Å². The van der Waals surface area contributed by atoms with E-state index < -0.39 is 0 Å². The molecule has 6 nitrogen and oxygen atoms in total. The molecule has 1 aromatic heterocycles. The van der Waals surface area contributed by atoms with Gasteiger partial charge in [0, 0.05) is 22.9 Å². The van der Waals surface area contributed by atoms with E-state index >= 15 is 0 Å². The highest BCUT2D eigenvalue weighted by molar-refractivity contribution is 6.32. The van der Waals surface area contributed by atoms with E-state index in [2.05, 4.69) is 5.32 Å². The Morgan fingerprint density at radius 3 is 2.47 bits per heavy atom. The summed E-state index contributed by atoms with van der Waals surface area (Å²) in [6.45, 7) is 1.84. The first-order chi connectivity index (χ1) is 15.4. The highest BCUT2D eigenvalue weighted by atomic mass is 35.5. The standard InChI is InChI=1S/C25H20ClNO5/c1-14-10-21-18(13-19(14)26)25(29)17-7-6-16(12-22(17)32-21)27-24(28)9-5-15-4-8-20(30-2)23(11-15)31-3/h4-13H,1-3H3,(H,27,28)/b9-5+. The second-order valence-corrected chi connectivity index (χ2v) is 7.58. The molecule has 4 aromatic rings. The van der Waals surface area contributed by atoms with Crippen molar-refractivity contribution < 1.29 is 18.7 Å². The summed E-state index contributed by atoms with van der Waals surface area (Å²) in [5.41, 5.74) is 2.75. The Kier molecular flexibility index (Phi) is 5.88. The zero-order chi connectivity index (χ0) is 22.8. The van der Waals surface area contributed by atoms with Gasteiger partial charge in [0.2, 0.25) is 11.3 Å². The number of ether oxygens (including phenoxy) is 2. The van der Waals surface area contributed by atoms with Crippen LogP contribution >= 0.6 is 11.6 Å². The van der Waals surface area contributed by atoms with Gasteiger partial charge in [-0.2, -0.15) is 0 Å². The lowest BCUT2D eigenvalue weighted by molar-refractivity contribution is -0.111. The first-order valence-electron chi connectivity index (χ1n) is 9.77. The molecule has 3 aromatic carbocycles. The minimum atomic E-state index is -0.329. The van der Waals surface area contributed by atoms with Crippen LogP contribution in [0.5, 0.6) is 11.5 Å². The lowest BCUT2D eigenvalue weighted by atomic mass is 10.1. The third kappa shape index (κ3) is 4.18. The van der Waals surface area contributed by atoms with Crippen molar-refractivity contribution in [1.82, 2.24) is 0 Å². The maximum absolute atomic E-state index is 12.8. The van der Waals surface area contributed by atoms with Crippen molar-refractivity contribution in [2.45, 2.75) is 6.92 Å². The maximum Gasteiger partial charge on any atom is 0.248 e. The highest BCUT2D eigenvalue weighted by Gasteiger charge is 2.11. The number of fused-ring (bicyclic) bond motifs is 2. The molecule has 0 aliphatic rings. The van der Waals surface area contributed by atoms with Crippen LogP contribution in [0.15, 0.2) is 63.8 Å². The molecule has 0 bridgehead atoms. The Hall–Kier alpha value is -3.77. The molecule has 0 saturated carbocycles. The molecule has 1 N–H and O–H groups in total. The number of benzene rings is 3. The van der Waals surface area contributed by atoms with E-state index in [1.54, 1.807) is 62.8 Å². The summed E-state index contributed by atoms with van der Waals surface area (Å²) >= 11 is 6.15. The predicted molar refractivity (Wildman–Crippen MR) is 127 cm³/mol. The molecule has 0 aliphatic carbocycles. The number of methoxy groups -OCH3 is 2. The third-order valence-corrected chi connectivity index (χ3v) is 5.46. The molecule has 0 unspecified atom stereocenters. The fraction of sp³-hybridized carbons (Fsp3) is 0.120. The molecular formula is C25H20ClNO5. The van der Waals surface area contributed by atoms with Crippen molar-refractivity contribution in [3.63, 3.8) is 0 Å². The van der Waals surface area contributed by atoms with E-state index in [4.69, 9.17) is 25.5 Å². The van der Waals surface area contributed by atoms with Crippen molar-refractivity contribution in [2.75, 3.05) is 19.5 Å². The summed E-state index contributed by atoms with van der Waals surface area (Å²) < 4.78 is 16.4. The number of anilines is 1. The summed E-state index contributed by atoms with van der Waals surface area (Å²) in [6, 6.07) is 13.6. The number of aryl methyl sites for hydroxylation is 1. The number of carbonyl (C=O) groups excluding carboxylic acids is 1. The largest absolute Gasteiger partial charge is 0.493 e. The predicted octanol–water partition coefficient (Wildman–Crippen LogP) is 5.58. The normalized spacial score (nSPS) is 11.2. The van der Waals surface area contributed by atoms with Crippen molar-refractivity contribution in [3.8, 4) is 11.5 Å². The molecule has 0 saturated heterocycles. The van der Waals surface area contributed by atoms with E-state index in [1.165, 1.54) is 6.08 Å². The van der Waals surface area contributed by atoms with E-state index in [0.717, 1.165) is 11.1 Å². The number of carbonyl (C=O) groups is 1. The fourth-order valence-electron chi connectivity index (χ4n) is 3.36. The smallest absolute Gasteiger partial charge is 0.248 e. The molecule has 0 spiro atoms. The number of hydrogen-bond donors (Lipinski definition) is 1. The molecule has 1 amide bonds. The molecule has 0 fully saturated rings. The lowest BCUT2D eigenvalue weighted by Gasteiger charge is -2.08. The van der Waals surface area contributed by atoms with E-state index in [9.17, 15) is 9.59 Å². The molecular weight excluding hydrogens is 430 g/mol. The van der Waals surface area contributed by atoms with Gasteiger partial charge < -0.3 is 19.2 Å². The second-order valence-electron chi connectivity index (χ2n) is 7.18. The SMILES string of the molecule is COc1ccc(/C=C/C(=O)Nc2ccc3c(=O)c4cc(Cl)c(C)cc4oc3c2)cc1OC. The van der Waals surface area contributed by atoms with Crippen LogP contribution in [0.2, 0.25) is 5.02 Å². The van der Waals surface area contributed by atoms with E-state index in [0.29, 0.717) is 44.1 Å². The van der Waals surface area contributed by atoms with Crippen molar-refractivity contribution in [3.05, 3.63) is 81.0 Å². The van der Waals surface area contributed by atoms with Gasteiger partial charge >= 0.3 is 0 Å². The Bertz CT molecular complexity index is 1440. The first kappa shape index (κ1) is 21.5. The monoisotopic (exact) mass is 449 g/mol. The van der Waals surface area contributed by atoms with Gasteiger partial charge in [-0.25, -0.2) is 0 Å². The van der Waals surface area contributed by atoms with Crippen LogP contribution in [0.3, 0.4) is 0 Å². The fourth-order valence-corrected chi connectivity index (χ4v) is 3.53. The maximum atomic E-state index is 12.8. The lowest BCUT2D eigenvalue weighted by Crippen LogP contribution is -2.08. The second kappa shape index (κ2) is 8.77. The zero-order valence-corrected chi connectivity index (χ0v) is 18.4. The first-order valence-corrected chi connectivity index (χ1v) is 10.1. The van der Waals surface area contributed by atoms with Crippen molar-refractivity contribution in [2.24, 2.45) is 0 Å². The Morgan fingerprint density at radius 2 is 1.72 bits per heavy atom. The molecule has 4 rings (SSSR count). The van der Waals surface area contributed by atoms with Crippen LogP contribution in [0.4, 0.5) is 5.69 Å². The van der Waals surface area contributed by atoms with Gasteiger partial charge in [-0.3, -0.25) is 9.59 Å². The molecule has 1 heterocycles. The molecule has 0 aliphatic heterocycles. The van der Waals surface area contributed by atoms with Crippen molar-refractivity contribution in [1.29, 1.82) is 0 Å². The average molecular weight is 450 g/mol. The van der Waals surface area contributed by atoms with Crippen molar-refractivity contribution >= 4 is 51.2 Å². The van der Waals surface area contributed by atoms with Gasteiger partial charge in [-0.15, -0.1) is 0 Å². The topological polar surface area (TPSA) is 77.8 Å². The van der Waals surface area contributed by atoms with Crippen LogP contribution in [0, 0.1) is 6.92 Å². The van der Waals surface area contributed by atoms with E-state index in [-0.39, 0.29) is 11.3 Å². The third-order valence-electron chi connectivity index (χ3n) is 5.05. The van der Waals surface area contributed by atoms with Gasteiger partial charge in [-0.05, 0) is 60.5 Å². The number of nitrogens with one attached hydrogen (secondary N) is 1. The molecule has 7 heteroatoms. The summed E-state index contributed by atoms with van der Waals surface area (Å²) in [6.07, 6.45) is 3.08. The molecule has 0 atom stereocenters. The zero-order valence-electron chi connectivity index (χ0n) is 17.7. The number of hydrogen-bond acceptors (Lipinski definition) is 5. The quantitative estimate of drug-likeness (QED) is 0.318. The van der Waals surface area contributed by atoms with Crippen LogP contribution in [0.1, 0.15) is 11.1 Å². The number of rotatable bonds is 5. The average Bonchev–Trinajstić information content (AvgIpc) is 2.79. The van der Waals surface area contributed by atoms with Crippen LogP contribution in [-0.2, 0) is 4.79 Å². The van der Waals surface area contributed by atoms with Crippen LogP contribution in [-0.4, -0.2) is 20.1 Å². The van der Waals surface area contributed by atoms with Gasteiger partial charge in [0.05, 0.1) is 25.0 Å². The summed E-state index contributed by atoms with van der Waals surface area (Å²) in [5, 5.41) is 4.12. The molecule has 0 radical (unpaired) electrons. The van der Waals surface area contributed by atoms with Gasteiger partial charge in [-0.1, -0.05) is 17.7 Å². The van der Waals surface area contributed by atoms with Gasteiger partial charge in [0.15, 0.2) is 11.5 Å². The Balaban J connectivity index is 1.59. The minimum Gasteiger partial charge on any atom is -0.493 e. The Morgan fingerprint density at radius 1 is 0.969 bits per heavy atom. The van der Waals surface area contributed by atoms with E-state index in [1.807, 2.05) is 13.0 Å².